The lowest BCUT2D eigenvalue weighted by atomic mass is 10.1. The first-order valence-electron chi connectivity index (χ1n) is 10.5. The maximum absolute atomic E-state index is 5.45. The quantitative estimate of drug-likeness (QED) is 0.413. The molecule has 0 atom stereocenters. The fraction of sp³-hybridized carbons (Fsp3) is 0.348. The number of anilines is 1. The first-order chi connectivity index (χ1) is 15.1. The molecule has 4 rings (SSSR count). The number of ether oxygens (including phenoxy) is 2. The van der Waals surface area contributed by atoms with Gasteiger partial charge >= 0.3 is 0 Å². The number of hydrogen-bond donors (Lipinski definition) is 1. The van der Waals surface area contributed by atoms with E-state index in [0.29, 0.717) is 11.5 Å². The molecule has 4 aromatic rings. The summed E-state index contributed by atoms with van der Waals surface area (Å²) in [6, 6.07) is 7.81. The van der Waals surface area contributed by atoms with Crippen molar-refractivity contribution in [1.29, 1.82) is 0 Å². The van der Waals surface area contributed by atoms with Crippen molar-refractivity contribution < 1.29 is 9.47 Å². The lowest BCUT2D eigenvalue weighted by Gasteiger charge is -2.14. The lowest BCUT2D eigenvalue weighted by molar-refractivity contribution is 0.355. The number of hydrogen-bond acceptors (Lipinski definition) is 6. The van der Waals surface area contributed by atoms with Gasteiger partial charge in [-0.25, -0.2) is 9.97 Å². The minimum absolute atomic E-state index is 0.674. The molecule has 0 fully saturated rings. The average Bonchev–Trinajstić information content (AvgIpc) is 3.45. The van der Waals surface area contributed by atoms with E-state index in [4.69, 9.17) is 19.6 Å². The van der Waals surface area contributed by atoms with E-state index in [1.165, 1.54) is 5.56 Å². The van der Waals surface area contributed by atoms with Gasteiger partial charge in [0.15, 0.2) is 17.1 Å². The second-order valence-electron chi connectivity index (χ2n) is 7.33. The van der Waals surface area contributed by atoms with Gasteiger partial charge in [-0.15, -0.1) is 0 Å². The SMILES string of the molecule is CCc1c(C)nc2cc(-c3ccc(OC)c(OC)c3)nn2c1NCCCn1ccnc1. The molecule has 3 aromatic heterocycles. The van der Waals surface area contributed by atoms with Crippen LogP contribution in [0.25, 0.3) is 16.9 Å². The van der Waals surface area contributed by atoms with E-state index in [1.54, 1.807) is 20.4 Å². The van der Waals surface area contributed by atoms with Gasteiger partial charge in [0.2, 0.25) is 0 Å². The number of aryl methyl sites for hydroxylation is 2. The van der Waals surface area contributed by atoms with E-state index in [2.05, 4.69) is 28.7 Å². The van der Waals surface area contributed by atoms with E-state index in [0.717, 1.165) is 54.3 Å². The molecule has 0 unspecified atom stereocenters. The predicted molar refractivity (Wildman–Crippen MR) is 121 cm³/mol. The zero-order valence-corrected chi connectivity index (χ0v) is 18.4. The highest BCUT2D eigenvalue weighted by molar-refractivity contribution is 5.69. The van der Waals surface area contributed by atoms with Gasteiger partial charge < -0.3 is 19.4 Å². The van der Waals surface area contributed by atoms with E-state index in [-0.39, 0.29) is 0 Å². The van der Waals surface area contributed by atoms with Crippen molar-refractivity contribution in [2.24, 2.45) is 0 Å². The van der Waals surface area contributed by atoms with Crippen LogP contribution in [0.15, 0.2) is 43.0 Å². The Kier molecular flexibility index (Phi) is 6.06. The first kappa shape index (κ1) is 20.7. The molecule has 0 spiro atoms. The van der Waals surface area contributed by atoms with Crippen molar-refractivity contribution in [3.05, 3.63) is 54.2 Å². The number of imidazole rings is 1. The molecular formula is C23H28N6O2. The summed E-state index contributed by atoms with van der Waals surface area (Å²) < 4.78 is 14.8. The van der Waals surface area contributed by atoms with Crippen LogP contribution in [-0.2, 0) is 13.0 Å². The van der Waals surface area contributed by atoms with Gasteiger partial charge in [-0.3, -0.25) is 0 Å². The topological polar surface area (TPSA) is 78.5 Å². The van der Waals surface area contributed by atoms with Gasteiger partial charge in [0.25, 0.3) is 0 Å². The van der Waals surface area contributed by atoms with Crippen LogP contribution in [0.1, 0.15) is 24.6 Å². The van der Waals surface area contributed by atoms with Crippen molar-refractivity contribution in [2.75, 3.05) is 26.1 Å². The molecule has 0 aliphatic carbocycles. The molecule has 31 heavy (non-hydrogen) atoms. The number of methoxy groups -OCH3 is 2. The van der Waals surface area contributed by atoms with Crippen molar-refractivity contribution in [2.45, 2.75) is 33.2 Å². The highest BCUT2D eigenvalue weighted by atomic mass is 16.5. The smallest absolute Gasteiger partial charge is 0.161 e. The molecule has 8 nitrogen and oxygen atoms in total. The molecule has 1 aromatic carbocycles. The number of benzene rings is 1. The Balaban J connectivity index is 1.65. The molecule has 0 saturated heterocycles. The third-order valence-electron chi connectivity index (χ3n) is 5.38. The molecule has 0 aliphatic heterocycles. The summed E-state index contributed by atoms with van der Waals surface area (Å²) in [6.07, 6.45) is 7.48. The molecular weight excluding hydrogens is 392 g/mol. The van der Waals surface area contributed by atoms with Gasteiger partial charge in [-0.2, -0.15) is 9.61 Å². The fourth-order valence-corrected chi connectivity index (χ4v) is 3.78. The van der Waals surface area contributed by atoms with Crippen LogP contribution in [-0.4, -0.2) is 44.9 Å². The first-order valence-corrected chi connectivity index (χ1v) is 10.5. The van der Waals surface area contributed by atoms with Gasteiger partial charge in [-0.05, 0) is 38.0 Å². The maximum atomic E-state index is 5.45. The van der Waals surface area contributed by atoms with Gasteiger partial charge in [0.1, 0.15) is 5.82 Å². The Bertz CT molecular complexity index is 1170. The zero-order valence-electron chi connectivity index (χ0n) is 18.4. The third-order valence-corrected chi connectivity index (χ3v) is 5.38. The van der Waals surface area contributed by atoms with Crippen molar-refractivity contribution in [3.63, 3.8) is 0 Å². The van der Waals surface area contributed by atoms with Crippen LogP contribution in [0.4, 0.5) is 5.82 Å². The number of fused-ring (bicyclic) bond motifs is 1. The number of aromatic nitrogens is 5. The van der Waals surface area contributed by atoms with E-state index in [9.17, 15) is 0 Å². The average molecular weight is 421 g/mol. The number of rotatable bonds is 9. The standard InChI is InChI=1S/C23H28N6O2/c1-5-18-16(2)26-22-14-19(17-7-8-20(30-3)21(13-17)31-4)27-29(22)23(18)25-9-6-11-28-12-10-24-15-28/h7-8,10,12-15,25H,5-6,9,11H2,1-4H3. The highest BCUT2D eigenvalue weighted by Crippen LogP contribution is 2.33. The fourth-order valence-electron chi connectivity index (χ4n) is 3.78. The minimum atomic E-state index is 0.674. The molecule has 0 bridgehead atoms. The molecule has 3 heterocycles. The number of nitrogens with zero attached hydrogens (tertiary/aromatic N) is 5. The summed E-state index contributed by atoms with van der Waals surface area (Å²) in [5, 5.41) is 8.47. The monoisotopic (exact) mass is 420 g/mol. The molecule has 0 saturated carbocycles. The highest BCUT2D eigenvalue weighted by Gasteiger charge is 2.16. The summed E-state index contributed by atoms with van der Waals surface area (Å²) in [5.74, 6) is 2.37. The van der Waals surface area contributed by atoms with Crippen molar-refractivity contribution in [3.8, 4) is 22.8 Å². The second kappa shape index (κ2) is 9.07. The van der Waals surface area contributed by atoms with Gasteiger partial charge in [0, 0.05) is 48.4 Å². The summed E-state index contributed by atoms with van der Waals surface area (Å²) in [7, 11) is 3.27. The summed E-state index contributed by atoms with van der Waals surface area (Å²) in [5.41, 5.74) is 4.80. The Labute approximate surface area is 181 Å². The largest absolute Gasteiger partial charge is 0.493 e. The molecule has 0 aliphatic rings. The maximum Gasteiger partial charge on any atom is 0.161 e. The normalized spacial score (nSPS) is 11.1. The van der Waals surface area contributed by atoms with E-state index >= 15 is 0 Å². The Morgan fingerprint density at radius 1 is 1.10 bits per heavy atom. The Hall–Kier alpha value is -3.55. The van der Waals surface area contributed by atoms with Gasteiger partial charge in [0.05, 0.1) is 26.2 Å². The number of nitrogens with one attached hydrogen (secondary N) is 1. The van der Waals surface area contributed by atoms with Gasteiger partial charge in [-0.1, -0.05) is 6.92 Å². The molecule has 162 valence electrons. The van der Waals surface area contributed by atoms with E-state index < -0.39 is 0 Å². The van der Waals surface area contributed by atoms with Crippen LogP contribution >= 0.6 is 0 Å². The van der Waals surface area contributed by atoms with Crippen LogP contribution in [0, 0.1) is 6.92 Å². The Morgan fingerprint density at radius 2 is 1.94 bits per heavy atom. The third kappa shape index (κ3) is 4.19. The summed E-state index contributed by atoms with van der Waals surface area (Å²) >= 11 is 0. The minimum Gasteiger partial charge on any atom is -0.493 e. The van der Waals surface area contributed by atoms with Crippen molar-refractivity contribution >= 4 is 11.5 Å². The molecule has 0 amide bonds. The summed E-state index contributed by atoms with van der Waals surface area (Å²) in [4.78, 5) is 8.89. The second-order valence-corrected chi connectivity index (χ2v) is 7.33. The van der Waals surface area contributed by atoms with E-state index in [1.807, 2.05) is 41.3 Å². The molecule has 0 radical (unpaired) electrons. The van der Waals surface area contributed by atoms with Crippen LogP contribution in [0.3, 0.4) is 0 Å². The van der Waals surface area contributed by atoms with Crippen molar-refractivity contribution in [1.82, 2.24) is 24.1 Å². The Morgan fingerprint density at radius 3 is 2.65 bits per heavy atom. The molecule has 1 N–H and O–H groups in total. The lowest BCUT2D eigenvalue weighted by Crippen LogP contribution is -2.13. The van der Waals surface area contributed by atoms with Crippen LogP contribution in [0.2, 0.25) is 0 Å². The van der Waals surface area contributed by atoms with Crippen LogP contribution < -0.4 is 14.8 Å². The van der Waals surface area contributed by atoms with Crippen LogP contribution in [0.5, 0.6) is 11.5 Å². The molecule has 8 heteroatoms. The summed E-state index contributed by atoms with van der Waals surface area (Å²) in [6.45, 7) is 5.94. The predicted octanol–water partition coefficient (Wildman–Crippen LogP) is 3.98. The zero-order chi connectivity index (χ0) is 21.8.